The van der Waals surface area contributed by atoms with Gasteiger partial charge in [-0.05, 0) is 58.5 Å². The summed E-state index contributed by atoms with van der Waals surface area (Å²) >= 11 is 2.20. The molecule has 2 nitrogen and oxygen atoms in total. The molecular formula is C16H13IO2. The van der Waals surface area contributed by atoms with Gasteiger partial charge in [0.15, 0.2) is 5.78 Å². The van der Waals surface area contributed by atoms with Gasteiger partial charge in [0.05, 0.1) is 7.11 Å². The van der Waals surface area contributed by atoms with E-state index in [0.29, 0.717) is 5.56 Å². The molecule has 3 heteroatoms. The van der Waals surface area contributed by atoms with E-state index < -0.39 is 0 Å². The Morgan fingerprint density at radius 1 is 1.16 bits per heavy atom. The molecule has 0 amide bonds. The van der Waals surface area contributed by atoms with Crippen LogP contribution in [0.5, 0.6) is 5.75 Å². The van der Waals surface area contributed by atoms with E-state index >= 15 is 0 Å². The first-order valence-corrected chi connectivity index (χ1v) is 6.89. The number of ketones is 1. The standard InChI is InChI=1S/C16H13IO2/c1-19-15-7-2-4-12(10-15)8-9-16(18)13-5-3-6-14(17)11-13/h2-11H,1H3/b9-8+. The van der Waals surface area contributed by atoms with Crippen molar-refractivity contribution in [1.82, 2.24) is 0 Å². The monoisotopic (exact) mass is 364 g/mol. The third kappa shape index (κ3) is 3.92. The highest BCUT2D eigenvalue weighted by atomic mass is 127. The van der Waals surface area contributed by atoms with Crippen molar-refractivity contribution in [2.75, 3.05) is 7.11 Å². The zero-order valence-corrected chi connectivity index (χ0v) is 12.6. The summed E-state index contributed by atoms with van der Waals surface area (Å²) in [5.41, 5.74) is 1.64. The van der Waals surface area contributed by atoms with Crippen molar-refractivity contribution in [1.29, 1.82) is 0 Å². The molecule has 0 saturated heterocycles. The number of carbonyl (C=O) groups is 1. The van der Waals surface area contributed by atoms with E-state index in [9.17, 15) is 4.79 Å². The predicted molar refractivity (Wildman–Crippen MR) is 85.5 cm³/mol. The predicted octanol–water partition coefficient (Wildman–Crippen LogP) is 4.20. The average molecular weight is 364 g/mol. The van der Waals surface area contributed by atoms with Crippen molar-refractivity contribution in [3.05, 3.63) is 69.3 Å². The molecule has 0 aromatic heterocycles. The second-order valence-corrected chi connectivity index (χ2v) is 5.23. The first-order chi connectivity index (χ1) is 9.19. The lowest BCUT2D eigenvalue weighted by atomic mass is 10.1. The molecule has 0 aliphatic carbocycles. The van der Waals surface area contributed by atoms with E-state index in [1.807, 2.05) is 48.5 Å². The highest BCUT2D eigenvalue weighted by Crippen LogP contribution is 2.14. The minimum atomic E-state index is 0.00124. The molecule has 0 unspecified atom stereocenters. The largest absolute Gasteiger partial charge is 0.497 e. The third-order valence-corrected chi connectivity index (χ3v) is 3.30. The molecule has 0 aliphatic rings. The number of hydrogen-bond acceptors (Lipinski definition) is 2. The minimum Gasteiger partial charge on any atom is -0.497 e. The molecule has 2 aromatic rings. The van der Waals surface area contributed by atoms with Crippen molar-refractivity contribution < 1.29 is 9.53 Å². The fourth-order valence-corrected chi connectivity index (χ4v) is 2.20. The van der Waals surface area contributed by atoms with Crippen molar-refractivity contribution in [3.63, 3.8) is 0 Å². The normalized spacial score (nSPS) is 10.6. The first kappa shape index (κ1) is 13.8. The van der Waals surface area contributed by atoms with E-state index in [1.165, 1.54) is 0 Å². The molecule has 2 rings (SSSR count). The van der Waals surface area contributed by atoms with Crippen LogP contribution < -0.4 is 4.74 Å². The quantitative estimate of drug-likeness (QED) is 0.462. The van der Waals surface area contributed by atoms with Crippen LogP contribution in [-0.4, -0.2) is 12.9 Å². The number of hydrogen-bond donors (Lipinski definition) is 0. The molecule has 0 N–H and O–H groups in total. The summed E-state index contributed by atoms with van der Waals surface area (Å²) in [6, 6.07) is 15.1. The van der Waals surface area contributed by atoms with Gasteiger partial charge in [0.1, 0.15) is 5.75 Å². The fraction of sp³-hybridized carbons (Fsp3) is 0.0625. The maximum absolute atomic E-state index is 12.0. The fourth-order valence-electron chi connectivity index (χ4n) is 1.66. The smallest absolute Gasteiger partial charge is 0.185 e. The first-order valence-electron chi connectivity index (χ1n) is 5.81. The van der Waals surface area contributed by atoms with Crippen LogP contribution in [0.1, 0.15) is 15.9 Å². The summed E-state index contributed by atoms with van der Waals surface area (Å²) < 4.78 is 6.20. The summed E-state index contributed by atoms with van der Waals surface area (Å²) in [4.78, 5) is 12.0. The van der Waals surface area contributed by atoms with Gasteiger partial charge in [0.25, 0.3) is 0 Å². The van der Waals surface area contributed by atoms with Crippen molar-refractivity contribution in [3.8, 4) is 5.75 Å². The van der Waals surface area contributed by atoms with E-state index in [2.05, 4.69) is 22.6 Å². The summed E-state index contributed by atoms with van der Waals surface area (Å²) in [6.07, 6.45) is 3.38. The molecule has 19 heavy (non-hydrogen) atoms. The topological polar surface area (TPSA) is 26.3 Å². The molecule has 0 radical (unpaired) electrons. The molecule has 96 valence electrons. The Labute approximate surface area is 126 Å². The Morgan fingerprint density at radius 2 is 1.95 bits per heavy atom. The van der Waals surface area contributed by atoms with Crippen LogP contribution in [0.2, 0.25) is 0 Å². The van der Waals surface area contributed by atoms with Gasteiger partial charge in [0.2, 0.25) is 0 Å². The SMILES string of the molecule is COc1cccc(/C=C/C(=O)c2cccc(I)c2)c1. The highest BCUT2D eigenvalue weighted by molar-refractivity contribution is 14.1. The zero-order valence-electron chi connectivity index (χ0n) is 10.5. The second-order valence-electron chi connectivity index (χ2n) is 3.98. The summed E-state index contributed by atoms with van der Waals surface area (Å²) in [5, 5.41) is 0. The van der Waals surface area contributed by atoms with E-state index in [1.54, 1.807) is 19.3 Å². The van der Waals surface area contributed by atoms with Crippen LogP contribution in [0, 0.1) is 3.57 Å². The number of halogens is 1. The second kappa shape index (κ2) is 6.52. The number of methoxy groups -OCH3 is 1. The molecule has 0 heterocycles. The lowest BCUT2D eigenvalue weighted by molar-refractivity contribution is 0.104. The minimum absolute atomic E-state index is 0.00124. The maximum Gasteiger partial charge on any atom is 0.185 e. The van der Waals surface area contributed by atoms with Gasteiger partial charge in [-0.15, -0.1) is 0 Å². The molecule has 0 aliphatic heterocycles. The summed E-state index contributed by atoms with van der Waals surface area (Å²) in [7, 11) is 1.62. The Hall–Kier alpha value is -1.62. The Bertz CT molecular complexity index is 618. The van der Waals surface area contributed by atoms with Gasteiger partial charge in [-0.25, -0.2) is 0 Å². The molecule has 0 fully saturated rings. The number of ether oxygens (including phenoxy) is 1. The number of allylic oxidation sites excluding steroid dienone is 1. The van der Waals surface area contributed by atoms with Crippen LogP contribution in [0.4, 0.5) is 0 Å². The van der Waals surface area contributed by atoms with Gasteiger partial charge < -0.3 is 4.74 Å². The van der Waals surface area contributed by atoms with Crippen LogP contribution in [0.15, 0.2) is 54.6 Å². The number of carbonyl (C=O) groups excluding carboxylic acids is 1. The summed E-state index contributed by atoms with van der Waals surface area (Å²) in [5.74, 6) is 0.783. The molecule has 0 bridgehead atoms. The van der Waals surface area contributed by atoms with Crippen molar-refractivity contribution >= 4 is 34.5 Å². The van der Waals surface area contributed by atoms with Gasteiger partial charge in [-0.1, -0.05) is 30.3 Å². The Kier molecular flexibility index (Phi) is 4.74. The molecule has 0 spiro atoms. The molecule has 0 atom stereocenters. The van der Waals surface area contributed by atoms with Crippen LogP contribution in [0.3, 0.4) is 0 Å². The number of rotatable bonds is 4. The van der Waals surface area contributed by atoms with E-state index in [-0.39, 0.29) is 5.78 Å². The third-order valence-electron chi connectivity index (χ3n) is 2.63. The van der Waals surface area contributed by atoms with Crippen molar-refractivity contribution in [2.24, 2.45) is 0 Å². The molecule has 0 saturated carbocycles. The van der Waals surface area contributed by atoms with Crippen LogP contribution >= 0.6 is 22.6 Å². The zero-order chi connectivity index (χ0) is 13.7. The van der Waals surface area contributed by atoms with Crippen LogP contribution in [-0.2, 0) is 0 Å². The van der Waals surface area contributed by atoms with E-state index in [4.69, 9.17) is 4.74 Å². The van der Waals surface area contributed by atoms with E-state index in [0.717, 1.165) is 14.9 Å². The average Bonchev–Trinajstić information content (AvgIpc) is 2.45. The molecular weight excluding hydrogens is 351 g/mol. The molecule has 2 aromatic carbocycles. The van der Waals surface area contributed by atoms with Gasteiger partial charge in [0, 0.05) is 9.13 Å². The Morgan fingerprint density at radius 3 is 2.68 bits per heavy atom. The summed E-state index contributed by atoms with van der Waals surface area (Å²) in [6.45, 7) is 0. The lowest BCUT2D eigenvalue weighted by Crippen LogP contribution is -1.94. The lowest BCUT2D eigenvalue weighted by Gasteiger charge is -2.00. The maximum atomic E-state index is 12.0. The van der Waals surface area contributed by atoms with Gasteiger partial charge in [-0.2, -0.15) is 0 Å². The van der Waals surface area contributed by atoms with Crippen molar-refractivity contribution in [2.45, 2.75) is 0 Å². The highest BCUT2D eigenvalue weighted by Gasteiger charge is 2.01. The number of benzene rings is 2. The van der Waals surface area contributed by atoms with Gasteiger partial charge >= 0.3 is 0 Å². The van der Waals surface area contributed by atoms with Crippen LogP contribution in [0.25, 0.3) is 6.08 Å². The van der Waals surface area contributed by atoms with Gasteiger partial charge in [-0.3, -0.25) is 4.79 Å². The Balaban J connectivity index is 2.16.